The van der Waals surface area contributed by atoms with Gasteiger partial charge in [-0.25, -0.2) is 4.39 Å². The Morgan fingerprint density at radius 1 is 1.06 bits per heavy atom. The van der Waals surface area contributed by atoms with E-state index in [0.29, 0.717) is 0 Å². The molecule has 18 heavy (non-hydrogen) atoms. The fraction of sp³-hybridized carbons (Fsp3) is 0.250. The Balaban J connectivity index is 2.47. The highest BCUT2D eigenvalue weighted by molar-refractivity contribution is 5.41. The maximum Gasteiger partial charge on any atom is 0.123 e. The number of aryl methyl sites for hydroxylation is 2. The van der Waals surface area contributed by atoms with Crippen molar-refractivity contribution in [2.45, 2.75) is 26.8 Å². The largest absolute Gasteiger partial charge is 0.320 e. The van der Waals surface area contributed by atoms with Crippen molar-refractivity contribution >= 4 is 0 Å². The second-order valence-electron chi connectivity index (χ2n) is 4.83. The minimum atomic E-state index is -0.278. The Bertz CT molecular complexity index is 555. The Labute approximate surface area is 107 Å². The molecule has 0 aliphatic carbocycles. The Morgan fingerprint density at radius 3 is 2.44 bits per heavy atom. The maximum absolute atomic E-state index is 13.4. The van der Waals surface area contributed by atoms with E-state index in [0.717, 1.165) is 16.7 Å². The zero-order chi connectivity index (χ0) is 13.3. The predicted molar refractivity (Wildman–Crippen MR) is 73.1 cm³/mol. The van der Waals surface area contributed by atoms with Crippen molar-refractivity contribution < 1.29 is 4.39 Å². The van der Waals surface area contributed by atoms with Crippen LogP contribution >= 0.6 is 0 Å². The molecule has 1 atom stereocenters. The molecule has 0 radical (unpaired) electrons. The second-order valence-corrected chi connectivity index (χ2v) is 4.83. The molecule has 0 spiro atoms. The minimum absolute atomic E-state index is 0.231. The topological polar surface area (TPSA) is 26.0 Å². The van der Waals surface area contributed by atoms with Gasteiger partial charge in [0.05, 0.1) is 6.04 Å². The summed E-state index contributed by atoms with van der Waals surface area (Å²) in [6.45, 7) is 5.99. The van der Waals surface area contributed by atoms with Crippen LogP contribution in [0, 0.1) is 26.6 Å². The first-order valence-corrected chi connectivity index (χ1v) is 6.08. The van der Waals surface area contributed by atoms with Gasteiger partial charge in [-0.2, -0.15) is 0 Å². The summed E-state index contributed by atoms with van der Waals surface area (Å²) in [5, 5.41) is 0. The Kier molecular flexibility index (Phi) is 3.48. The third-order valence-corrected chi connectivity index (χ3v) is 3.41. The van der Waals surface area contributed by atoms with Gasteiger partial charge < -0.3 is 5.73 Å². The van der Waals surface area contributed by atoms with Gasteiger partial charge in [0, 0.05) is 0 Å². The quantitative estimate of drug-likeness (QED) is 0.853. The maximum atomic E-state index is 13.4. The van der Waals surface area contributed by atoms with Crippen LogP contribution in [-0.4, -0.2) is 0 Å². The summed E-state index contributed by atoms with van der Waals surface area (Å²) in [5.74, 6) is -0.231. The van der Waals surface area contributed by atoms with Crippen molar-refractivity contribution in [3.63, 3.8) is 0 Å². The van der Waals surface area contributed by atoms with E-state index < -0.39 is 0 Å². The molecule has 0 fully saturated rings. The van der Waals surface area contributed by atoms with Crippen molar-refractivity contribution in [1.29, 1.82) is 0 Å². The lowest BCUT2D eigenvalue weighted by Gasteiger charge is -2.17. The molecule has 1 nitrogen and oxygen atoms in total. The minimum Gasteiger partial charge on any atom is -0.320 e. The van der Waals surface area contributed by atoms with E-state index in [1.807, 2.05) is 25.1 Å². The van der Waals surface area contributed by atoms with E-state index in [4.69, 9.17) is 5.73 Å². The van der Waals surface area contributed by atoms with Crippen LogP contribution in [0.15, 0.2) is 36.4 Å². The van der Waals surface area contributed by atoms with Gasteiger partial charge in [0.25, 0.3) is 0 Å². The number of rotatable bonds is 2. The lowest BCUT2D eigenvalue weighted by Crippen LogP contribution is -2.14. The summed E-state index contributed by atoms with van der Waals surface area (Å²) >= 11 is 0. The zero-order valence-corrected chi connectivity index (χ0v) is 11.0. The van der Waals surface area contributed by atoms with Crippen LogP contribution in [0.2, 0.25) is 0 Å². The van der Waals surface area contributed by atoms with Crippen LogP contribution < -0.4 is 5.73 Å². The Morgan fingerprint density at radius 2 is 1.78 bits per heavy atom. The molecule has 0 aliphatic rings. The van der Waals surface area contributed by atoms with Crippen molar-refractivity contribution in [3.05, 3.63) is 70.0 Å². The summed E-state index contributed by atoms with van der Waals surface area (Å²) in [6.07, 6.45) is 0. The van der Waals surface area contributed by atoms with Gasteiger partial charge in [-0.15, -0.1) is 0 Å². The fourth-order valence-electron chi connectivity index (χ4n) is 2.23. The van der Waals surface area contributed by atoms with Gasteiger partial charge in [-0.05, 0) is 60.7 Å². The molecule has 0 aromatic heterocycles. The van der Waals surface area contributed by atoms with Gasteiger partial charge in [-0.3, -0.25) is 0 Å². The molecule has 0 heterocycles. The monoisotopic (exact) mass is 243 g/mol. The van der Waals surface area contributed by atoms with Crippen LogP contribution in [0.5, 0.6) is 0 Å². The average molecular weight is 243 g/mol. The van der Waals surface area contributed by atoms with Crippen LogP contribution in [0.1, 0.15) is 33.9 Å². The number of hydrogen-bond donors (Lipinski definition) is 1. The average Bonchev–Trinajstić information content (AvgIpc) is 2.30. The smallest absolute Gasteiger partial charge is 0.123 e. The molecule has 2 aromatic carbocycles. The van der Waals surface area contributed by atoms with Gasteiger partial charge in [0.1, 0.15) is 5.82 Å². The summed E-state index contributed by atoms with van der Waals surface area (Å²) < 4.78 is 13.4. The highest BCUT2D eigenvalue weighted by Crippen LogP contribution is 2.25. The molecule has 0 bridgehead atoms. The molecule has 0 amide bonds. The highest BCUT2D eigenvalue weighted by Gasteiger charge is 2.13. The second kappa shape index (κ2) is 4.91. The first-order chi connectivity index (χ1) is 8.49. The Hall–Kier alpha value is -1.67. The molecular weight excluding hydrogens is 225 g/mol. The van der Waals surface area contributed by atoms with Crippen LogP contribution in [0.3, 0.4) is 0 Å². The number of halogens is 1. The van der Waals surface area contributed by atoms with E-state index >= 15 is 0 Å². The summed E-state index contributed by atoms with van der Waals surface area (Å²) in [4.78, 5) is 0. The normalized spacial score (nSPS) is 12.5. The molecule has 2 N–H and O–H groups in total. The zero-order valence-electron chi connectivity index (χ0n) is 11.0. The predicted octanol–water partition coefficient (Wildman–Crippen LogP) is 3.80. The molecule has 1 unspecified atom stereocenters. The summed E-state index contributed by atoms with van der Waals surface area (Å²) in [7, 11) is 0. The fourth-order valence-corrected chi connectivity index (χ4v) is 2.23. The van der Waals surface area contributed by atoms with Crippen molar-refractivity contribution in [2.24, 2.45) is 5.73 Å². The van der Waals surface area contributed by atoms with Gasteiger partial charge >= 0.3 is 0 Å². The van der Waals surface area contributed by atoms with Gasteiger partial charge in [-0.1, -0.05) is 24.3 Å². The molecule has 0 saturated carbocycles. The van der Waals surface area contributed by atoms with Crippen molar-refractivity contribution in [1.82, 2.24) is 0 Å². The number of hydrogen-bond acceptors (Lipinski definition) is 1. The van der Waals surface area contributed by atoms with E-state index in [1.165, 1.54) is 23.3 Å². The number of nitrogens with two attached hydrogens (primary N) is 1. The molecular formula is C16H18FN. The third kappa shape index (κ3) is 2.44. The highest BCUT2D eigenvalue weighted by atomic mass is 19.1. The van der Waals surface area contributed by atoms with Crippen molar-refractivity contribution in [2.75, 3.05) is 0 Å². The lowest BCUT2D eigenvalue weighted by molar-refractivity contribution is 0.622. The first kappa shape index (κ1) is 12.8. The summed E-state index contributed by atoms with van der Waals surface area (Å²) in [6, 6.07) is 10.7. The molecule has 2 rings (SSSR count). The van der Waals surface area contributed by atoms with E-state index in [1.54, 1.807) is 0 Å². The van der Waals surface area contributed by atoms with Crippen LogP contribution in [0.25, 0.3) is 0 Å². The van der Waals surface area contributed by atoms with E-state index in [-0.39, 0.29) is 11.9 Å². The molecule has 0 saturated heterocycles. The van der Waals surface area contributed by atoms with Gasteiger partial charge in [0.2, 0.25) is 0 Å². The molecule has 2 heteroatoms. The summed E-state index contributed by atoms with van der Waals surface area (Å²) in [5.41, 5.74) is 11.4. The molecule has 2 aromatic rings. The third-order valence-electron chi connectivity index (χ3n) is 3.41. The molecule has 94 valence electrons. The standard InChI is InChI=1S/C16H18FN/c1-10-7-13(9-14(17)8-10)16(18)15-6-4-5-11(2)12(15)3/h4-9,16H,18H2,1-3H3. The first-order valence-electron chi connectivity index (χ1n) is 6.08. The SMILES string of the molecule is Cc1cc(F)cc(C(N)c2cccc(C)c2C)c1. The van der Waals surface area contributed by atoms with E-state index in [9.17, 15) is 4.39 Å². The lowest BCUT2D eigenvalue weighted by atomic mass is 9.92. The van der Waals surface area contributed by atoms with E-state index in [2.05, 4.69) is 19.9 Å². The van der Waals surface area contributed by atoms with Gasteiger partial charge in [0.15, 0.2) is 0 Å². The number of benzene rings is 2. The molecule has 0 aliphatic heterocycles. The van der Waals surface area contributed by atoms with Crippen LogP contribution in [0.4, 0.5) is 4.39 Å². The van der Waals surface area contributed by atoms with Crippen LogP contribution in [-0.2, 0) is 0 Å². The van der Waals surface area contributed by atoms with Crippen molar-refractivity contribution in [3.8, 4) is 0 Å².